The van der Waals surface area contributed by atoms with Crippen LogP contribution in [0.3, 0.4) is 0 Å². The lowest BCUT2D eigenvalue weighted by atomic mass is 9.94. The Morgan fingerprint density at radius 2 is 2.17 bits per heavy atom. The summed E-state index contributed by atoms with van der Waals surface area (Å²) in [5.74, 6) is 1.49. The molecule has 1 aromatic carbocycles. The summed E-state index contributed by atoms with van der Waals surface area (Å²) in [6.07, 6.45) is 10.1. The average Bonchev–Trinajstić information content (AvgIpc) is 2.63. The number of piperidine rings is 1. The van der Waals surface area contributed by atoms with Gasteiger partial charge < -0.3 is 4.74 Å². The number of para-hydroxylation sites is 1. The maximum Gasteiger partial charge on any atom is 0.127 e. The van der Waals surface area contributed by atoms with E-state index in [9.17, 15) is 0 Å². The molecule has 1 fully saturated rings. The van der Waals surface area contributed by atoms with E-state index in [0.717, 1.165) is 31.1 Å². The Bertz CT molecular complexity index is 699. The third kappa shape index (κ3) is 3.27. The van der Waals surface area contributed by atoms with Crippen LogP contribution in [0.25, 0.3) is 6.08 Å². The number of nitrogens with zero attached hydrogens (tertiary/aromatic N) is 3. The second-order valence-electron chi connectivity index (χ2n) is 6.33. The second kappa shape index (κ2) is 6.50. The van der Waals surface area contributed by atoms with Crippen molar-refractivity contribution in [3.8, 4) is 5.75 Å². The van der Waals surface area contributed by atoms with Gasteiger partial charge in [-0.3, -0.25) is 14.9 Å². The van der Waals surface area contributed by atoms with Crippen molar-refractivity contribution in [1.29, 1.82) is 0 Å². The summed E-state index contributed by atoms with van der Waals surface area (Å²) in [7, 11) is 0. The first-order valence-corrected chi connectivity index (χ1v) is 8.28. The Morgan fingerprint density at radius 1 is 1.22 bits per heavy atom. The maximum atomic E-state index is 5.87. The van der Waals surface area contributed by atoms with E-state index in [2.05, 4.69) is 33.1 Å². The molecule has 0 aliphatic carbocycles. The quantitative estimate of drug-likeness (QED) is 0.873. The number of ether oxygens (including phenoxy) is 1. The highest BCUT2D eigenvalue weighted by molar-refractivity contribution is 5.62. The first kappa shape index (κ1) is 14.4. The van der Waals surface area contributed by atoms with E-state index in [1.165, 1.54) is 24.0 Å². The first-order chi connectivity index (χ1) is 11.4. The summed E-state index contributed by atoms with van der Waals surface area (Å²) in [5.41, 5.74) is 3.66. The summed E-state index contributed by atoms with van der Waals surface area (Å²) >= 11 is 0. The molecule has 2 aliphatic rings. The molecular formula is C19H21N3O. The molecule has 0 spiro atoms. The lowest BCUT2D eigenvalue weighted by Gasteiger charge is -2.33. The van der Waals surface area contributed by atoms with Crippen LogP contribution in [0, 0.1) is 0 Å². The van der Waals surface area contributed by atoms with Crippen LogP contribution in [0.1, 0.15) is 30.0 Å². The number of rotatable bonds is 3. The molecule has 4 rings (SSSR count). The molecule has 0 amide bonds. The van der Waals surface area contributed by atoms with E-state index in [-0.39, 0.29) is 0 Å². The number of hydrogen-bond acceptors (Lipinski definition) is 4. The van der Waals surface area contributed by atoms with E-state index in [1.54, 1.807) is 12.4 Å². The van der Waals surface area contributed by atoms with Crippen LogP contribution in [-0.4, -0.2) is 41.1 Å². The molecule has 0 N–H and O–H groups in total. The number of hydrogen-bond donors (Lipinski definition) is 0. The predicted octanol–water partition coefficient (Wildman–Crippen LogP) is 3.13. The van der Waals surface area contributed by atoms with E-state index in [1.807, 2.05) is 18.3 Å². The van der Waals surface area contributed by atoms with Crippen molar-refractivity contribution < 1.29 is 4.74 Å². The maximum absolute atomic E-state index is 5.87. The van der Waals surface area contributed by atoms with Gasteiger partial charge in [-0.15, -0.1) is 0 Å². The van der Waals surface area contributed by atoms with Crippen molar-refractivity contribution >= 4 is 6.08 Å². The number of aromatic nitrogens is 2. The zero-order valence-corrected chi connectivity index (χ0v) is 13.2. The third-order valence-electron chi connectivity index (χ3n) is 4.63. The van der Waals surface area contributed by atoms with Gasteiger partial charge in [0.2, 0.25) is 0 Å². The van der Waals surface area contributed by atoms with Crippen molar-refractivity contribution in [2.45, 2.75) is 18.8 Å². The van der Waals surface area contributed by atoms with Crippen LogP contribution in [0.15, 0.2) is 48.4 Å². The molecule has 23 heavy (non-hydrogen) atoms. The van der Waals surface area contributed by atoms with Gasteiger partial charge in [0.05, 0.1) is 5.69 Å². The molecule has 1 aromatic heterocycles. The highest BCUT2D eigenvalue weighted by atomic mass is 16.5. The Morgan fingerprint density at radius 3 is 3.09 bits per heavy atom. The molecule has 2 aromatic rings. The largest absolute Gasteiger partial charge is 0.489 e. The zero-order chi connectivity index (χ0) is 15.5. The fourth-order valence-corrected chi connectivity index (χ4v) is 3.50. The van der Waals surface area contributed by atoms with E-state index < -0.39 is 0 Å². The summed E-state index contributed by atoms with van der Waals surface area (Å²) in [5, 5.41) is 0. The summed E-state index contributed by atoms with van der Waals surface area (Å²) in [4.78, 5) is 11.2. The minimum Gasteiger partial charge on any atom is -0.489 e. The zero-order valence-electron chi connectivity index (χ0n) is 13.2. The molecule has 3 heterocycles. The van der Waals surface area contributed by atoms with Crippen LogP contribution in [0.4, 0.5) is 0 Å². The van der Waals surface area contributed by atoms with Crippen LogP contribution in [0.5, 0.6) is 5.75 Å². The molecule has 118 valence electrons. The van der Waals surface area contributed by atoms with Gasteiger partial charge in [0.25, 0.3) is 0 Å². The van der Waals surface area contributed by atoms with Gasteiger partial charge in [-0.25, -0.2) is 0 Å². The van der Waals surface area contributed by atoms with Crippen molar-refractivity contribution in [2.24, 2.45) is 0 Å². The molecule has 0 bridgehead atoms. The standard InChI is InChI=1S/C19H21N3O/c1-2-6-19-16(4-1)10-15(14-23-19)12-22-9-3-5-17(13-22)18-11-20-7-8-21-18/h1-2,4,6-8,10-11,17H,3,5,9,12-14H2/t17-/m0/s1. The van der Waals surface area contributed by atoms with Crippen molar-refractivity contribution in [1.82, 2.24) is 14.9 Å². The molecule has 1 saturated heterocycles. The normalized spacial score (nSPS) is 21.2. The van der Waals surface area contributed by atoms with Gasteiger partial charge in [-0.1, -0.05) is 18.2 Å². The lowest BCUT2D eigenvalue weighted by Crippen LogP contribution is -2.37. The number of benzene rings is 1. The smallest absolute Gasteiger partial charge is 0.127 e. The van der Waals surface area contributed by atoms with Crippen LogP contribution in [0.2, 0.25) is 0 Å². The predicted molar refractivity (Wildman–Crippen MR) is 90.4 cm³/mol. The Balaban J connectivity index is 1.44. The van der Waals surface area contributed by atoms with Gasteiger partial charge >= 0.3 is 0 Å². The van der Waals surface area contributed by atoms with Gasteiger partial charge in [0.1, 0.15) is 12.4 Å². The average molecular weight is 307 g/mol. The Kier molecular flexibility index (Phi) is 4.07. The van der Waals surface area contributed by atoms with Gasteiger partial charge in [0.15, 0.2) is 0 Å². The van der Waals surface area contributed by atoms with Crippen molar-refractivity contribution in [2.75, 3.05) is 26.2 Å². The highest BCUT2D eigenvalue weighted by Crippen LogP contribution is 2.28. The summed E-state index contributed by atoms with van der Waals surface area (Å²) < 4.78 is 5.87. The first-order valence-electron chi connectivity index (χ1n) is 8.28. The van der Waals surface area contributed by atoms with Crippen molar-refractivity contribution in [3.05, 3.63) is 59.7 Å². The second-order valence-corrected chi connectivity index (χ2v) is 6.33. The minimum atomic E-state index is 0.495. The Labute approximate surface area is 136 Å². The summed E-state index contributed by atoms with van der Waals surface area (Å²) in [6, 6.07) is 8.24. The fourth-order valence-electron chi connectivity index (χ4n) is 3.50. The van der Waals surface area contributed by atoms with Crippen LogP contribution >= 0.6 is 0 Å². The monoisotopic (exact) mass is 307 g/mol. The SMILES string of the molecule is C1=C(CN2CCC[C@H](c3cnccn3)C2)COc2ccccc21. The van der Waals surface area contributed by atoms with E-state index >= 15 is 0 Å². The van der Waals surface area contributed by atoms with Crippen molar-refractivity contribution in [3.63, 3.8) is 0 Å². The molecule has 4 heteroatoms. The fraction of sp³-hybridized carbons (Fsp3) is 0.368. The lowest BCUT2D eigenvalue weighted by molar-refractivity contribution is 0.213. The van der Waals surface area contributed by atoms with Crippen LogP contribution < -0.4 is 4.74 Å². The van der Waals surface area contributed by atoms with Gasteiger partial charge in [-0.2, -0.15) is 0 Å². The van der Waals surface area contributed by atoms with E-state index in [0.29, 0.717) is 12.5 Å². The number of fused-ring (bicyclic) bond motifs is 1. The Hall–Kier alpha value is -2.20. The molecule has 4 nitrogen and oxygen atoms in total. The highest BCUT2D eigenvalue weighted by Gasteiger charge is 2.23. The third-order valence-corrected chi connectivity index (χ3v) is 4.63. The molecule has 2 aliphatic heterocycles. The van der Waals surface area contributed by atoms with Gasteiger partial charge in [0, 0.05) is 43.2 Å². The molecule has 0 radical (unpaired) electrons. The van der Waals surface area contributed by atoms with E-state index in [4.69, 9.17) is 4.74 Å². The number of likely N-dealkylation sites (tertiary alicyclic amines) is 1. The topological polar surface area (TPSA) is 38.2 Å². The molecule has 1 atom stereocenters. The minimum absolute atomic E-state index is 0.495. The molecular weight excluding hydrogens is 286 g/mol. The van der Waals surface area contributed by atoms with Gasteiger partial charge in [-0.05, 0) is 37.1 Å². The molecule has 0 unspecified atom stereocenters. The summed E-state index contributed by atoms with van der Waals surface area (Å²) in [6.45, 7) is 3.88. The van der Waals surface area contributed by atoms with Crippen LogP contribution in [-0.2, 0) is 0 Å². The molecule has 0 saturated carbocycles.